The Morgan fingerprint density at radius 3 is 2.64 bits per heavy atom. The highest BCUT2D eigenvalue weighted by molar-refractivity contribution is 7.99. The van der Waals surface area contributed by atoms with Crippen LogP contribution in [0.4, 0.5) is 13.2 Å². The first kappa shape index (κ1) is 17.3. The van der Waals surface area contributed by atoms with Crippen LogP contribution in [0.25, 0.3) is 0 Å². The Bertz CT molecular complexity index is 867. The maximum absolute atomic E-state index is 12.7. The van der Waals surface area contributed by atoms with E-state index in [0.29, 0.717) is 48.1 Å². The topological polar surface area (TPSA) is 81.3 Å². The lowest BCUT2D eigenvalue weighted by Crippen LogP contribution is -2.17. The highest BCUT2D eigenvalue weighted by Crippen LogP contribution is 2.31. The first-order chi connectivity index (χ1) is 11.8. The predicted molar refractivity (Wildman–Crippen MR) is 82.3 cm³/mol. The fraction of sp³-hybridized carbons (Fsp3) is 0.267. The molecule has 0 saturated carbocycles. The van der Waals surface area contributed by atoms with Crippen LogP contribution in [0.3, 0.4) is 0 Å². The Morgan fingerprint density at radius 1 is 1.20 bits per heavy atom. The molecule has 3 rings (SSSR count). The van der Waals surface area contributed by atoms with E-state index >= 15 is 0 Å². The number of aromatic nitrogens is 2. The maximum atomic E-state index is 12.7. The molecule has 6 nitrogen and oxygen atoms in total. The number of carbonyl (C=O) groups excluding carboxylic acids is 1. The van der Waals surface area contributed by atoms with Crippen LogP contribution < -0.4 is 15.0 Å². The predicted octanol–water partition coefficient (Wildman–Crippen LogP) is 2.53. The molecule has 25 heavy (non-hydrogen) atoms. The lowest BCUT2D eigenvalue weighted by atomic mass is 10.1. The number of ketones is 1. The van der Waals surface area contributed by atoms with E-state index in [0.717, 1.165) is 0 Å². The Labute approximate surface area is 143 Å². The molecular formula is C15H11F3N2O4S. The van der Waals surface area contributed by atoms with Crippen LogP contribution in [0.5, 0.6) is 11.5 Å². The summed E-state index contributed by atoms with van der Waals surface area (Å²) in [5, 5.41) is -0.272. The molecule has 0 spiro atoms. The first-order valence-electron chi connectivity index (χ1n) is 7.07. The fourth-order valence-corrected chi connectivity index (χ4v) is 2.85. The normalized spacial score (nSPS) is 13.6. The number of halogens is 3. The third-order valence-corrected chi connectivity index (χ3v) is 4.09. The quantitative estimate of drug-likeness (QED) is 0.505. The number of Topliss-reactive ketones (excluding diaryl/α,β-unsaturated/α-hetero) is 1. The second kappa shape index (κ2) is 6.79. The van der Waals surface area contributed by atoms with Crippen LogP contribution in [0, 0.1) is 0 Å². The summed E-state index contributed by atoms with van der Waals surface area (Å²) in [6.07, 6.45) is -4.73. The van der Waals surface area contributed by atoms with E-state index in [-0.39, 0.29) is 16.7 Å². The van der Waals surface area contributed by atoms with Crippen molar-refractivity contribution in [1.29, 1.82) is 0 Å². The summed E-state index contributed by atoms with van der Waals surface area (Å²) >= 11 is 0.717. The van der Waals surface area contributed by atoms with Gasteiger partial charge in [-0.15, -0.1) is 0 Å². The summed E-state index contributed by atoms with van der Waals surface area (Å²) in [5.74, 6) is 0.429. The highest BCUT2D eigenvalue weighted by Gasteiger charge is 2.33. The molecular weight excluding hydrogens is 361 g/mol. The van der Waals surface area contributed by atoms with Crippen LogP contribution in [-0.4, -0.2) is 34.7 Å². The Balaban J connectivity index is 1.72. The number of fused-ring (bicyclic) bond motifs is 1. The van der Waals surface area contributed by atoms with E-state index < -0.39 is 17.4 Å². The van der Waals surface area contributed by atoms with Gasteiger partial charge in [-0.1, -0.05) is 11.8 Å². The van der Waals surface area contributed by atoms with Gasteiger partial charge in [0.2, 0.25) is 0 Å². The molecule has 0 atom stereocenters. The smallest absolute Gasteiger partial charge is 0.433 e. The number of nitrogens with one attached hydrogen (secondary N) is 1. The Morgan fingerprint density at radius 2 is 1.92 bits per heavy atom. The van der Waals surface area contributed by atoms with Crippen LogP contribution >= 0.6 is 11.8 Å². The largest absolute Gasteiger partial charge is 0.486 e. The van der Waals surface area contributed by atoms with E-state index in [4.69, 9.17) is 9.47 Å². The fourth-order valence-electron chi connectivity index (χ4n) is 2.08. The molecule has 1 aromatic heterocycles. The highest BCUT2D eigenvalue weighted by atomic mass is 32.2. The number of ether oxygens (including phenoxy) is 2. The molecule has 1 aliphatic heterocycles. The van der Waals surface area contributed by atoms with Crippen molar-refractivity contribution in [3.05, 3.63) is 45.9 Å². The number of H-pyrrole nitrogens is 1. The van der Waals surface area contributed by atoms with E-state index in [2.05, 4.69) is 9.97 Å². The van der Waals surface area contributed by atoms with E-state index in [1.165, 1.54) is 6.07 Å². The number of hydrogen-bond donors (Lipinski definition) is 1. The molecule has 0 saturated heterocycles. The zero-order chi connectivity index (χ0) is 18.0. The molecule has 2 aromatic rings. The van der Waals surface area contributed by atoms with Gasteiger partial charge < -0.3 is 14.5 Å². The van der Waals surface area contributed by atoms with Gasteiger partial charge in [0, 0.05) is 11.6 Å². The van der Waals surface area contributed by atoms with Gasteiger partial charge in [0.15, 0.2) is 28.1 Å². The minimum absolute atomic E-state index is 0.191. The van der Waals surface area contributed by atoms with E-state index in [1.54, 1.807) is 12.1 Å². The summed E-state index contributed by atoms with van der Waals surface area (Å²) in [6, 6.07) is 5.02. The third kappa shape index (κ3) is 4.13. The molecule has 0 unspecified atom stereocenters. The van der Waals surface area contributed by atoms with Gasteiger partial charge in [0.1, 0.15) is 13.2 Å². The van der Waals surface area contributed by atoms with Crippen molar-refractivity contribution in [3.8, 4) is 11.5 Å². The molecule has 1 aliphatic rings. The Kier molecular flexibility index (Phi) is 4.71. The average Bonchev–Trinajstić information content (AvgIpc) is 2.58. The summed E-state index contributed by atoms with van der Waals surface area (Å²) in [5.41, 5.74) is -1.91. The minimum Gasteiger partial charge on any atom is -0.486 e. The average molecular weight is 372 g/mol. The SMILES string of the molecule is O=C(CSc1nc(C(F)(F)F)cc(=O)[nH]1)c1ccc2c(c1)OCCO2. The first-order valence-corrected chi connectivity index (χ1v) is 8.06. The molecule has 1 aromatic carbocycles. The number of nitrogens with zero attached hydrogens (tertiary/aromatic N) is 1. The summed E-state index contributed by atoms with van der Waals surface area (Å²) in [6.45, 7) is 0.791. The molecule has 132 valence electrons. The molecule has 2 heterocycles. The molecule has 0 radical (unpaired) electrons. The minimum atomic E-state index is -4.73. The van der Waals surface area contributed by atoms with Gasteiger partial charge in [0.05, 0.1) is 5.75 Å². The second-order valence-electron chi connectivity index (χ2n) is 5.00. The number of carbonyl (C=O) groups is 1. The van der Waals surface area contributed by atoms with Crippen LogP contribution in [0.1, 0.15) is 16.1 Å². The van der Waals surface area contributed by atoms with Crippen molar-refractivity contribution in [2.75, 3.05) is 19.0 Å². The van der Waals surface area contributed by atoms with Gasteiger partial charge in [-0.3, -0.25) is 9.59 Å². The number of rotatable bonds is 4. The molecule has 1 N–H and O–H groups in total. The maximum Gasteiger partial charge on any atom is 0.433 e. The van der Waals surface area contributed by atoms with Crippen molar-refractivity contribution in [2.45, 2.75) is 11.3 Å². The molecule has 0 aliphatic carbocycles. The number of aromatic amines is 1. The van der Waals surface area contributed by atoms with E-state index in [9.17, 15) is 22.8 Å². The molecule has 0 amide bonds. The monoisotopic (exact) mass is 372 g/mol. The van der Waals surface area contributed by atoms with Gasteiger partial charge in [-0.25, -0.2) is 4.98 Å². The number of alkyl halides is 3. The summed E-state index contributed by atoms with van der Waals surface area (Å²) in [4.78, 5) is 29.0. The zero-order valence-corrected chi connectivity index (χ0v) is 13.4. The van der Waals surface area contributed by atoms with E-state index in [1.807, 2.05) is 0 Å². The Hall–Kier alpha value is -2.49. The standard InChI is InChI=1S/C15H11F3N2O4S/c16-15(17,18)12-6-13(22)20-14(19-12)25-7-9(21)8-1-2-10-11(5-8)24-4-3-23-10/h1-2,5-6H,3-4,7H2,(H,19,20,22). The summed E-state index contributed by atoms with van der Waals surface area (Å²) < 4.78 is 48.7. The number of thioether (sulfide) groups is 1. The van der Waals surface area contributed by atoms with Crippen molar-refractivity contribution < 1.29 is 27.4 Å². The lowest BCUT2D eigenvalue weighted by molar-refractivity contribution is -0.141. The lowest BCUT2D eigenvalue weighted by Gasteiger charge is -2.18. The number of benzene rings is 1. The van der Waals surface area contributed by atoms with Gasteiger partial charge in [-0.2, -0.15) is 13.2 Å². The van der Waals surface area contributed by atoms with Crippen LogP contribution in [0.15, 0.2) is 34.2 Å². The van der Waals surface area contributed by atoms with Gasteiger partial charge in [0.25, 0.3) is 5.56 Å². The zero-order valence-electron chi connectivity index (χ0n) is 12.6. The molecule has 0 fully saturated rings. The van der Waals surface area contributed by atoms with Crippen molar-refractivity contribution in [1.82, 2.24) is 9.97 Å². The van der Waals surface area contributed by atoms with Crippen molar-refractivity contribution >= 4 is 17.5 Å². The molecule has 10 heteroatoms. The number of hydrogen-bond acceptors (Lipinski definition) is 6. The van der Waals surface area contributed by atoms with Crippen molar-refractivity contribution in [2.24, 2.45) is 0 Å². The summed E-state index contributed by atoms with van der Waals surface area (Å²) in [7, 11) is 0. The van der Waals surface area contributed by atoms with Gasteiger partial charge >= 0.3 is 6.18 Å². The van der Waals surface area contributed by atoms with Gasteiger partial charge in [-0.05, 0) is 18.2 Å². The van der Waals surface area contributed by atoms with Crippen LogP contribution in [-0.2, 0) is 6.18 Å². The third-order valence-electron chi connectivity index (χ3n) is 3.21. The van der Waals surface area contributed by atoms with Crippen molar-refractivity contribution in [3.63, 3.8) is 0 Å². The second-order valence-corrected chi connectivity index (χ2v) is 5.97. The molecule has 0 bridgehead atoms. The van der Waals surface area contributed by atoms with Crippen LogP contribution in [0.2, 0.25) is 0 Å².